The van der Waals surface area contributed by atoms with Crippen molar-refractivity contribution in [3.8, 4) is 5.75 Å². The van der Waals surface area contributed by atoms with Crippen LogP contribution < -0.4 is 4.74 Å². The Bertz CT molecular complexity index is 354. The molecule has 1 unspecified atom stereocenters. The predicted molar refractivity (Wildman–Crippen MR) is 67.0 cm³/mol. The zero-order valence-corrected chi connectivity index (χ0v) is 11.0. The molecule has 0 saturated heterocycles. The van der Waals surface area contributed by atoms with Gasteiger partial charge in [-0.25, -0.2) is 0 Å². The molecule has 0 aliphatic heterocycles. The summed E-state index contributed by atoms with van der Waals surface area (Å²) < 4.78 is 27.3. The number of ether oxygens (including phenoxy) is 3. The first-order chi connectivity index (χ1) is 8.29. The van der Waals surface area contributed by atoms with Gasteiger partial charge in [0.15, 0.2) is 0 Å². The van der Waals surface area contributed by atoms with Gasteiger partial charge in [0.1, 0.15) is 5.75 Å². The summed E-state index contributed by atoms with van der Waals surface area (Å²) in [7, 11) is 2.10. The van der Waals surface area contributed by atoms with Gasteiger partial charge in [-0.1, -0.05) is 12.1 Å². The second-order valence-electron chi connectivity index (χ2n) is 3.31. The van der Waals surface area contributed by atoms with E-state index in [0.717, 1.165) is 0 Å². The standard InChI is InChI=1S/C12H18O4S/c1-14-7-8-16-9-10-17(13)12-6-4-3-5-11(12)15-2/h3-6H,7-10H2,1-2H3. The largest absolute Gasteiger partial charge is 0.495 e. The van der Waals surface area contributed by atoms with Crippen LogP contribution in [0.1, 0.15) is 0 Å². The van der Waals surface area contributed by atoms with Gasteiger partial charge in [0.2, 0.25) is 0 Å². The monoisotopic (exact) mass is 258 g/mol. The molecule has 0 spiro atoms. The number of methoxy groups -OCH3 is 2. The van der Waals surface area contributed by atoms with Crippen LogP contribution in [0.2, 0.25) is 0 Å². The summed E-state index contributed by atoms with van der Waals surface area (Å²) in [6, 6.07) is 7.32. The van der Waals surface area contributed by atoms with E-state index in [2.05, 4.69) is 0 Å². The third-order valence-corrected chi connectivity index (χ3v) is 3.52. The van der Waals surface area contributed by atoms with Crippen molar-refractivity contribution in [2.45, 2.75) is 4.90 Å². The zero-order valence-electron chi connectivity index (χ0n) is 10.2. The zero-order chi connectivity index (χ0) is 12.5. The van der Waals surface area contributed by atoms with E-state index < -0.39 is 10.8 Å². The predicted octanol–water partition coefficient (Wildman–Crippen LogP) is 1.47. The van der Waals surface area contributed by atoms with Crippen LogP contribution in [0.25, 0.3) is 0 Å². The lowest BCUT2D eigenvalue weighted by Crippen LogP contribution is -2.10. The third kappa shape index (κ3) is 4.85. The molecule has 96 valence electrons. The molecule has 0 aromatic heterocycles. The van der Waals surface area contributed by atoms with Gasteiger partial charge in [-0.2, -0.15) is 0 Å². The molecular formula is C12H18O4S. The minimum atomic E-state index is -1.09. The van der Waals surface area contributed by atoms with Gasteiger partial charge in [-0.15, -0.1) is 0 Å². The van der Waals surface area contributed by atoms with Crippen LogP contribution in [0.5, 0.6) is 5.75 Å². The fourth-order valence-electron chi connectivity index (χ4n) is 1.30. The van der Waals surface area contributed by atoms with Crippen LogP contribution >= 0.6 is 0 Å². The lowest BCUT2D eigenvalue weighted by Gasteiger charge is -2.08. The topological polar surface area (TPSA) is 44.8 Å². The van der Waals surface area contributed by atoms with Crippen molar-refractivity contribution in [2.75, 3.05) is 39.8 Å². The first kappa shape index (κ1) is 14.2. The van der Waals surface area contributed by atoms with Crippen LogP contribution in [-0.2, 0) is 20.3 Å². The van der Waals surface area contributed by atoms with Gasteiger partial charge < -0.3 is 14.2 Å². The van der Waals surface area contributed by atoms with Crippen molar-refractivity contribution in [3.05, 3.63) is 24.3 Å². The third-order valence-electron chi connectivity index (χ3n) is 2.16. The maximum absolute atomic E-state index is 12.0. The van der Waals surface area contributed by atoms with E-state index in [1.54, 1.807) is 20.3 Å². The van der Waals surface area contributed by atoms with Gasteiger partial charge in [-0.3, -0.25) is 4.21 Å². The lowest BCUT2D eigenvalue weighted by atomic mass is 10.3. The molecule has 1 atom stereocenters. The molecule has 4 nitrogen and oxygen atoms in total. The van der Waals surface area contributed by atoms with E-state index in [4.69, 9.17) is 14.2 Å². The normalized spacial score (nSPS) is 12.4. The quantitative estimate of drug-likeness (QED) is 0.662. The van der Waals surface area contributed by atoms with Gasteiger partial charge in [0, 0.05) is 7.11 Å². The van der Waals surface area contributed by atoms with Crippen LogP contribution in [-0.4, -0.2) is 44.0 Å². The van der Waals surface area contributed by atoms with Crippen molar-refractivity contribution >= 4 is 10.8 Å². The molecular weight excluding hydrogens is 240 g/mol. The van der Waals surface area contributed by atoms with Crippen molar-refractivity contribution in [2.24, 2.45) is 0 Å². The number of para-hydroxylation sites is 1. The molecule has 0 heterocycles. The summed E-state index contributed by atoms with van der Waals surface area (Å²) in [5, 5.41) is 0. The Kier molecular flexibility index (Phi) is 6.84. The summed E-state index contributed by atoms with van der Waals surface area (Å²) in [5.41, 5.74) is 0. The molecule has 5 heteroatoms. The van der Waals surface area contributed by atoms with E-state index in [-0.39, 0.29) is 0 Å². The summed E-state index contributed by atoms with van der Waals surface area (Å²) in [6.07, 6.45) is 0. The van der Waals surface area contributed by atoms with Crippen LogP contribution in [0, 0.1) is 0 Å². The Morgan fingerprint density at radius 3 is 2.59 bits per heavy atom. The summed E-state index contributed by atoms with van der Waals surface area (Å²) >= 11 is 0. The second kappa shape index (κ2) is 8.22. The van der Waals surface area contributed by atoms with Gasteiger partial charge >= 0.3 is 0 Å². The summed E-state index contributed by atoms with van der Waals surface area (Å²) in [4.78, 5) is 0.713. The van der Waals surface area contributed by atoms with E-state index in [1.807, 2.05) is 18.2 Å². The van der Waals surface area contributed by atoms with Gasteiger partial charge in [0.25, 0.3) is 0 Å². The molecule has 0 radical (unpaired) electrons. The number of benzene rings is 1. The Labute approximate surface area is 104 Å². The minimum absolute atomic E-state index is 0.452. The molecule has 17 heavy (non-hydrogen) atoms. The smallest absolute Gasteiger partial charge is 0.134 e. The van der Waals surface area contributed by atoms with Crippen molar-refractivity contribution in [3.63, 3.8) is 0 Å². The maximum Gasteiger partial charge on any atom is 0.134 e. The maximum atomic E-state index is 12.0. The van der Waals surface area contributed by atoms with Crippen molar-refractivity contribution < 1.29 is 18.4 Å². The molecule has 1 aromatic carbocycles. The van der Waals surface area contributed by atoms with E-state index in [9.17, 15) is 4.21 Å². The Morgan fingerprint density at radius 1 is 1.12 bits per heavy atom. The molecule has 0 N–H and O–H groups in total. The Morgan fingerprint density at radius 2 is 1.88 bits per heavy atom. The first-order valence-corrected chi connectivity index (χ1v) is 6.69. The average Bonchev–Trinajstić information content (AvgIpc) is 2.38. The molecule has 0 amide bonds. The van der Waals surface area contributed by atoms with Gasteiger partial charge in [-0.05, 0) is 12.1 Å². The van der Waals surface area contributed by atoms with Crippen LogP contribution in [0.3, 0.4) is 0 Å². The number of hydrogen-bond donors (Lipinski definition) is 0. The molecule has 0 bridgehead atoms. The van der Waals surface area contributed by atoms with Gasteiger partial charge in [0.05, 0.1) is 48.4 Å². The molecule has 0 saturated carbocycles. The van der Waals surface area contributed by atoms with E-state index in [0.29, 0.717) is 36.2 Å². The highest BCUT2D eigenvalue weighted by molar-refractivity contribution is 7.85. The molecule has 0 aliphatic carbocycles. The average molecular weight is 258 g/mol. The molecule has 0 fully saturated rings. The van der Waals surface area contributed by atoms with Crippen LogP contribution in [0.15, 0.2) is 29.2 Å². The van der Waals surface area contributed by atoms with Crippen molar-refractivity contribution in [1.82, 2.24) is 0 Å². The lowest BCUT2D eigenvalue weighted by molar-refractivity contribution is 0.0787. The fraction of sp³-hybridized carbons (Fsp3) is 0.500. The number of rotatable bonds is 8. The highest BCUT2D eigenvalue weighted by Gasteiger charge is 2.09. The minimum Gasteiger partial charge on any atom is -0.495 e. The fourth-order valence-corrected chi connectivity index (χ4v) is 2.39. The van der Waals surface area contributed by atoms with E-state index in [1.165, 1.54) is 0 Å². The summed E-state index contributed by atoms with van der Waals surface area (Å²) in [6.45, 7) is 1.54. The van der Waals surface area contributed by atoms with Crippen molar-refractivity contribution in [1.29, 1.82) is 0 Å². The molecule has 0 aliphatic rings. The highest BCUT2D eigenvalue weighted by Crippen LogP contribution is 2.21. The second-order valence-corrected chi connectivity index (χ2v) is 4.84. The Hall–Kier alpha value is -0.910. The van der Waals surface area contributed by atoms with E-state index >= 15 is 0 Å². The highest BCUT2D eigenvalue weighted by atomic mass is 32.2. The van der Waals surface area contributed by atoms with Crippen LogP contribution in [0.4, 0.5) is 0 Å². The number of hydrogen-bond acceptors (Lipinski definition) is 4. The Balaban J connectivity index is 2.41. The SMILES string of the molecule is COCCOCCS(=O)c1ccccc1OC. The first-order valence-electron chi connectivity index (χ1n) is 5.37. The summed E-state index contributed by atoms with van der Waals surface area (Å²) in [5.74, 6) is 1.12. The molecule has 1 rings (SSSR count). The molecule has 1 aromatic rings.